The van der Waals surface area contributed by atoms with E-state index in [0.717, 1.165) is 12.7 Å². The zero-order valence-electron chi connectivity index (χ0n) is 20.0. The second kappa shape index (κ2) is 13.9. The van der Waals surface area contributed by atoms with Crippen LogP contribution < -0.4 is 20.7 Å². The highest BCUT2D eigenvalue weighted by Crippen LogP contribution is 2.23. The Kier molecular flexibility index (Phi) is 10.0. The Morgan fingerprint density at radius 1 is 1.03 bits per heavy atom. The van der Waals surface area contributed by atoms with E-state index >= 15 is 0 Å². The molecular formula is C25H27N5O7. The van der Waals surface area contributed by atoms with Crippen molar-refractivity contribution in [3.8, 4) is 11.5 Å². The summed E-state index contributed by atoms with van der Waals surface area (Å²) >= 11 is 0. The Labute approximate surface area is 213 Å². The van der Waals surface area contributed by atoms with Crippen LogP contribution >= 0.6 is 0 Å². The van der Waals surface area contributed by atoms with Crippen molar-refractivity contribution in [2.75, 3.05) is 32.1 Å². The largest absolute Gasteiger partial charge is 0.507 e. The molecule has 0 radical (unpaired) electrons. The van der Waals surface area contributed by atoms with Crippen LogP contribution in [0.3, 0.4) is 0 Å². The topological polar surface area (TPSA) is 161 Å². The molecule has 0 fully saturated rings. The van der Waals surface area contributed by atoms with Crippen molar-refractivity contribution in [1.82, 2.24) is 20.6 Å². The first kappa shape index (κ1) is 26.7. The van der Waals surface area contributed by atoms with Gasteiger partial charge in [-0.1, -0.05) is 30.3 Å². The molecule has 0 saturated heterocycles. The Balaban J connectivity index is 1.47. The van der Waals surface area contributed by atoms with E-state index in [1.807, 2.05) is 6.07 Å². The molecule has 3 rings (SSSR count). The summed E-state index contributed by atoms with van der Waals surface area (Å²) < 4.78 is 15.3. The molecule has 2 amide bonds. The van der Waals surface area contributed by atoms with Crippen LogP contribution in [0.5, 0.6) is 11.5 Å². The fourth-order valence-corrected chi connectivity index (χ4v) is 3.05. The number of hydrogen-bond acceptors (Lipinski definition) is 10. The van der Waals surface area contributed by atoms with Gasteiger partial charge in [-0.25, -0.2) is 19.6 Å². The summed E-state index contributed by atoms with van der Waals surface area (Å²) in [5.41, 5.74) is 0.725. The van der Waals surface area contributed by atoms with Gasteiger partial charge in [0.05, 0.1) is 19.2 Å². The van der Waals surface area contributed by atoms with E-state index in [0.29, 0.717) is 18.2 Å². The van der Waals surface area contributed by atoms with Crippen LogP contribution in [0.4, 0.5) is 10.7 Å². The molecule has 12 heteroatoms. The number of nitrogens with one attached hydrogen (secondary N) is 3. The molecule has 0 saturated carbocycles. The monoisotopic (exact) mass is 509 g/mol. The van der Waals surface area contributed by atoms with Gasteiger partial charge in [0.25, 0.3) is 5.91 Å². The number of ether oxygens (including phenoxy) is 3. The molecule has 0 spiro atoms. The first-order valence-corrected chi connectivity index (χ1v) is 11.3. The van der Waals surface area contributed by atoms with Crippen LogP contribution in [0, 0.1) is 0 Å². The standard InChI is InChI=1S/C25H27N5O7/c1-35-23(33)20(30-25(34)37-16-17-6-3-2-4-7-17)15-29-22(32)19-9-8-18(14-21(19)31)36-13-12-28-24-26-10-5-11-27-24/h2-11,14,20,31H,12-13,15-16H2,1H3,(H,29,32)(H,30,34)(H,26,27,28)/t20-/m0/s1. The van der Waals surface area contributed by atoms with Crippen molar-refractivity contribution < 1.29 is 33.7 Å². The van der Waals surface area contributed by atoms with E-state index in [1.165, 1.54) is 18.2 Å². The quantitative estimate of drug-likeness (QED) is 0.210. The van der Waals surface area contributed by atoms with Gasteiger partial charge in [0.1, 0.15) is 30.8 Å². The average molecular weight is 510 g/mol. The van der Waals surface area contributed by atoms with Crippen LogP contribution in [0.25, 0.3) is 0 Å². The number of carbonyl (C=O) groups is 3. The van der Waals surface area contributed by atoms with E-state index in [-0.39, 0.29) is 31.1 Å². The number of phenols is 1. The number of esters is 1. The number of carbonyl (C=O) groups excluding carboxylic acids is 3. The van der Waals surface area contributed by atoms with Crippen LogP contribution in [0.15, 0.2) is 67.0 Å². The minimum Gasteiger partial charge on any atom is -0.507 e. The lowest BCUT2D eigenvalue weighted by atomic mass is 10.1. The van der Waals surface area contributed by atoms with Crippen molar-refractivity contribution >= 4 is 23.9 Å². The molecule has 194 valence electrons. The Hall–Kier alpha value is -4.87. The number of rotatable bonds is 12. The van der Waals surface area contributed by atoms with Crippen LogP contribution in [-0.2, 0) is 20.9 Å². The molecule has 0 bridgehead atoms. The van der Waals surface area contributed by atoms with Gasteiger partial charge in [0.2, 0.25) is 5.95 Å². The molecule has 12 nitrogen and oxygen atoms in total. The second-order valence-electron chi connectivity index (χ2n) is 7.52. The summed E-state index contributed by atoms with van der Waals surface area (Å²) in [6.07, 6.45) is 2.37. The van der Waals surface area contributed by atoms with Crippen molar-refractivity contribution in [3.63, 3.8) is 0 Å². The average Bonchev–Trinajstić information content (AvgIpc) is 2.92. The van der Waals surface area contributed by atoms with Gasteiger partial charge in [-0.3, -0.25) is 4.79 Å². The maximum Gasteiger partial charge on any atom is 0.408 e. The Morgan fingerprint density at radius 2 is 1.78 bits per heavy atom. The summed E-state index contributed by atoms with van der Waals surface area (Å²) in [5.74, 6) is -0.954. The Bertz CT molecular complexity index is 1180. The highest BCUT2D eigenvalue weighted by Gasteiger charge is 2.24. The van der Waals surface area contributed by atoms with Crippen LogP contribution in [0.2, 0.25) is 0 Å². The minimum absolute atomic E-state index is 0.00527. The van der Waals surface area contributed by atoms with E-state index in [2.05, 4.69) is 30.7 Å². The third-order valence-electron chi connectivity index (χ3n) is 4.89. The van der Waals surface area contributed by atoms with E-state index in [4.69, 9.17) is 9.47 Å². The van der Waals surface area contributed by atoms with Crippen molar-refractivity contribution in [2.24, 2.45) is 0 Å². The lowest BCUT2D eigenvalue weighted by molar-refractivity contribution is -0.142. The summed E-state index contributed by atoms with van der Waals surface area (Å²) in [7, 11) is 1.15. The number of aromatic hydroxyl groups is 1. The number of anilines is 1. The number of alkyl carbamates (subject to hydrolysis) is 1. The molecule has 37 heavy (non-hydrogen) atoms. The summed E-state index contributed by atoms with van der Waals surface area (Å²) in [6.45, 7) is 0.390. The molecule has 0 unspecified atom stereocenters. The molecule has 4 N–H and O–H groups in total. The smallest absolute Gasteiger partial charge is 0.408 e. The van der Waals surface area contributed by atoms with Crippen molar-refractivity contribution in [2.45, 2.75) is 12.6 Å². The lowest BCUT2D eigenvalue weighted by Gasteiger charge is -2.17. The first-order valence-electron chi connectivity index (χ1n) is 11.3. The number of methoxy groups -OCH3 is 1. The number of hydrogen-bond donors (Lipinski definition) is 4. The fraction of sp³-hybridized carbons (Fsp3) is 0.240. The second-order valence-corrected chi connectivity index (χ2v) is 7.52. The van der Waals surface area contributed by atoms with Gasteiger partial charge >= 0.3 is 12.1 Å². The van der Waals surface area contributed by atoms with Gasteiger partial charge in [-0.15, -0.1) is 0 Å². The maximum atomic E-state index is 12.6. The van der Waals surface area contributed by atoms with Crippen LogP contribution in [0.1, 0.15) is 15.9 Å². The highest BCUT2D eigenvalue weighted by molar-refractivity contribution is 5.97. The predicted octanol–water partition coefficient (Wildman–Crippen LogP) is 1.87. The third-order valence-corrected chi connectivity index (χ3v) is 4.89. The maximum absolute atomic E-state index is 12.6. The van der Waals surface area contributed by atoms with Gasteiger partial charge in [0, 0.05) is 25.0 Å². The minimum atomic E-state index is -1.21. The summed E-state index contributed by atoms with van der Waals surface area (Å²) in [6, 6.07) is 13.7. The number of amides is 2. The number of phenolic OH excluding ortho intramolecular Hbond substituents is 1. The third kappa shape index (κ3) is 8.69. The molecule has 0 aliphatic rings. The normalized spacial score (nSPS) is 11.1. The molecular weight excluding hydrogens is 482 g/mol. The molecule has 0 aliphatic heterocycles. The molecule has 3 aromatic rings. The number of aromatic nitrogens is 2. The summed E-state index contributed by atoms with van der Waals surface area (Å²) in [4.78, 5) is 44.8. The highest BCUT2D eigenvalue weighted by atomic mass is 16.6. The Morgan fingerprint density at radius 3 is 2.49 bits per heavy atom. The molecule has 0 aliphatic carbocycles. The van der Waals surface area contributed by atoms with Crippen molar-refractivity contribution in [1.29, 1.82) is 0 Å². The number of benzene rings is 2. The fourth-order valence-electron chi connectivity index (χ4n) is 3.05. The SMILES string of the molecule is COC(=O)[C@H](CNC(=O)c1ccc(OCCNc2ncccn2)cc1O)NC(=O)OCc1ccccc1. The van der Waals surface area contributed by atoms with E-state index in [9.17, 15) is 19.5 Å². The van der Waals surface area contributed by atoms with E-state index < -0.39 is 24.0 Å². The summed E-state index contributed by atoms with van der Waals surface area (Å²) in [5, 5.41) is 18.1. The van der Waals surface area contributed by atoms with Gasteiger partial charge in [-0.2, -0.15) is 0 Å². The van der Waals surface area contributed by atoms with E-state index in [1.54, 1.807) is 42.7 Å². The molecule has 2 aromatic carbocycles. The predicted molar refractivity (Wildman–Crippen MR) is 132 cm³/mol. The molecule has 1 aromatic heterocycles. The number of nitrogens with zero attached hydrogens (tertiary/aromatic N) is 2. The molecule has 1 heterocycles. The van der Waals surface area contributed by atoms with Gasteiger partial charge in [0.15, 0.2) is 0 Å². The lowest BCUT2D eigenvalue weighted by Crippen LogP contribution is -2.49. The van der Waals surface area contributed by atoms with Gasteiger partial charge < -0.3 is 35.3 Å². The molecule has 1 atom stereocenters. The zero-order chi connectivity index (χ0) is 26.5. The zero-order valence-corrected chi connectivity index (χ0v) is 20.0. The van der Waals surface area contributed by atoms with Crippen molar-refractivity contribution in [3.05, 3.63) is 78.1 Å². The van der Waals surface area contributed by atoms with Gasteiger partial charge in [-0.05, 0) is 23.8 Å². The first-order chi connectivity index (χ1) is 18.0. The van der Waals surface area contributed by atoms with Crippen LogP contribution in [-0.4, -0.2) is 65.9 Å².